The van der Waals surface area contributed by atoms with Crippen molar-refractivity contribution >= 4 is 27.6 Å². The number of fused-ring (bicyclic) bond motifs is 1. The molecule has 2 nitrogen and oxygen atoms in total. The molecule has 20 heavy (non-hydrogen) atoms. The lowest BCUT2D eigenvalue weighted by molar-refractivity contribution is 0.567. The second-order valence-electron chi connectivity index (χ2n) is 4.51. The molecule has 0 aliphatic carbocycles. The SMILES string of the molecule is CN(C)C=Cc1ccccc1.c1ccc2scnc2c1. The predicted octanol–water partition coefficient (Wildman–Crippen LogP) is 4.52. The van der Waals surface area contributed by atoms with Crippen molar-refractivity contribution in [3.8, 4) is 0 Å². The van der Waals surface area contributed by atoms with Gasteiger partial charge in [-0.3, -0.25) is 0 Å². The van der Waals surface area contributed by atoms with Crippen LogP contribution in [-0.2, 0) is 0 Å². The summed E-state index contributed by atoms with van der Waals surface area (Å²) in [6, 6.07) is 18.4. The molecule has 1 heterocycles. The van der Waals surface area contributed by atoms with E-state index in [1.54, 1.807) is 11.3 Å². The van der Waals surface area contributed by atoms with Crippen LogP contribution in [0, 0.1) is 0 Å². The molecule has 0 atom stereocenters. The summed E-state index contributed by atoms with van der Waals surface area (Å²) in [7, 11) is 4.03. The molecule has 0 bridgehead atoms. The molecule has 0 saturated heterocycles. The lowest BCUT2D eigenvalue weighted by Crippen LogP contribution is -1.99. The topological polar surface area (TPSA) is 16.1 Å². The van der Waals surface area contributed by atoms with Crippen LogP contribution in [-0.4, -0.2) is 24.0 Å². The Balaban J connectivity index is 0.000000149. The van der Waals surface area contributed by atoms with Crippen LogP contribution >= 0.6 is 11.3 Å². The highest BCUT2D eigenvalue weighted by molar-refractivity contribution is 7.16. The van der Waals surface area contributed by atoms with E-state index in [4.69, 9.17) is 0 Å². The highest BCUT2D eigenvalue weighted by Crippen LogP contribution is 2.15. The van der Waals surface area contributed by atoms with Gasteiger partial charge in [0.25, 0.3) is 0 Å². The molecule has 2 aromatic carbocycles. The smallest absolute Gasteiger partial charge is 0.0812 e. The monoisotopic (exact) mass is 282 g/mol. The van der Waals surface area contributed by atoms with Crippen molar-refractivity contribution in [1.82, 2.24) is 9.88 Å². The first kappa shape index (κ1) is 14.3. The van der Waals surface area contributed by atoms with Gasteiger partial charge in [-0.1, -0.05) is 42.5 Å². The zero-order valence-electron chi connectivity index (χ0n) is 11.7. The van der Waals surface area contributed by atoms with Gasteiger partial charge in [0.1, 0.15) is 0 Å². The van der Waals surface area contributed by atoms with E-state index >= 15 is 0 Å². The van der Waals surface area contributed by atoms with Crippen LogP contribution in [0.2, 0.25) is 0 Å². The van der Waals surface area contributed by atoms with Crippen molar-refractivity contribution < 1.29 is 0 Å². The first-order chi connectivity index (χ1) is 9.75. The third-order valence-electron chi connectivity index (χ3n) is 2.60. The van der Waals surface area contributed by atoms with Crippen molar-refractivity contribution in [2.75, 3.05) is 14.1 Å². The molecule has 0 spiro atoms. The lowest BCUT2D eigenvalue weighted by Gasteiger charge is -2.02. The fourth-order valence-electron chi connectivity index (χ4n) is 1.60. The maximum absolute atomic E-state index is 4.14. The number of benzene rings is 2. The fraction of sp³-hybridized carbons (Fsp3) is 0.118. The maximum Gasteiger partial charge on any atom is 0.0812 e. The molecule has 0 amide bonds. The van der Waals surface area contributed by atoms with Gasteiger partial charge >= 0.3 is 0 Å². The molecule has 0 saturated carbocycles. The Bertz CT molecular complexity index is 627. The van der Waals surface area contributed by atoms with Crippen molar-refractivity contribution in [3.05, 3.63) is 71.9 Å². The fourth-order valence-corrected chi connectivity index (χ4v) is 2.28. The van der Waals surface area contributed by atoms with E-state index in [1.807, 2.05) is 67.1 Å². The average molecular weight is 282 g/mol. The summed E-state index contributed by atoms with van der Waals surface area (Å²) in [5.41, 5.74) is 4.20. The van der Waals surface area contributed by atoms with E-state index in [1.165, 1.54) is 10.3 Å². The molecule has 102 valence electrons. The molecule has 0 unspecified atom stereocenters. The number of thiazole rings is 1. The Morgan fingerprint density at radius 3 is 2.35 bits per heavy atom. The molecular weight excluding hydrogens is 264 g/mol. The van der Waals surface area contributed by atoms with Gasteiger partial charge in [0.05, 0.1) is 15.7 Å². The molecule has 0 aliphatic heterocycles. The predicted molar refractivity (Wildman–Crippen MR) is 88.8 cm³/mol. The van der Waals surface area contributed by atoms with Gasteiger partial charge in [0.15, 0.2) is 0 Å². The third-order valence-corrected chi connectivity index (χ3v) is 3.41. The highest BCUT2D eigenvalue weighted by Gasteiger charge is 1.89. The Kier molecular flexibility index (Phi) is 5.33. The minimum Gasteiger partial charge on any atom is -0.383 e. The number of nitrogens with zero attached hydrogens (tertiary/aromatic N) is 2. The van der Waals surface area contributed by atoms with Crippen LogP contribution in [0.25, 0.3) is 16.3 Å². The van der Waals surface area contributed by atoms with Gasteiger partial charge in [-0.2, -0.15) is 0 Å². The summed E-state index contributed by atoms with van der Waals surface area (Å²) < 4.78 is 1.26. The standard InChI is InChI=1S/C10H13N.C7H5NS/c1-11(2)9-8-10-6-4-3-5-7-10;1-2-4-7-6(3-1)8-5-9-7/h3-9H,1-2H3;1-5H. The van der Waals surface area contributed by atoms with E-state index in [-0.39, 0.29) is 0 Å². The van der Waals surface area contributed by atoms with Crippen LogP contribution in [0.1, 0.15) is 5.56 Å². The van der Waals surface area contributed by atoms with Gasteiger partial charge in [-0.25, -0.2) is 4.98 Å². The first-order valence-electron chi connectivity index (χ1n) is 6.43. The minimum atomic E-state index is 1.10. The normalized spacial score (nSPS) is 10.3. The number of aromatic nitrogens is 1. The second kappa shape index (κ2) is 7.46. The summed E-state index contributed by atoms with van der Waals surface area (Å²) in [6.45, 7) is 0. The summed E-state index contributed by atoms with van der Waals surface area (Å²) in [5, 5.41) is 0. The zero-order valence-corrected chi connectivity index (χ0v) is 12.5. The maximum atomic E-state index is 4.14. The summed E-state index contributed by atoms with van der Waals surface area (Å²) in [4.78, 5) is 6.16. The Morgan fingerprint density at radius 1 is 0.950 bits per heavy atom. The second-order valence-corrected chi connectivity index (χ2v) is 5.40. The van der Waals surface area contributed by atoms with E-state index in [9.17, 15) is 0 Å². The number of para-hydroxylation sites is 1. The van der Waals surface area contributed by atoms with Crippen LogP contribution in [0.15, 0.2) is 66.3 Å². The summed E-state index contributed by atoms with van der Waals surface area (Å²) in [6.07, 6.45) is 4.12. The van der Waals surface area contributed by atoms with Crippen molar-refractivity contribution in [2.45, 2.75) is 0 Å². The Morgan fingerprint density at radius 2 is 1.65 bits per heavy atom. The molecule has 0 aliphatic rings. The van der Waals surface area contributed by atoms with Crippen LogP contribution in [0.3, 0.4) is 0 Å². The molecule has 1 aromatic heterocycles. The zero-order chi connectivity index (χ0) is 14.2. The quantitative estimate of drug-likeness (QED) is 0.687. The van der Waals surface area contributed by atoms with Gasteiger partial charge in [-0.05, 0) is 30.0 Å². The molecule has 0 fully saturated rings. The number of hydrogen-bond acceptors (Lipinski definition) is 3. The Hall–Kier alpha value is -2.13. The van der Waals surface area contributed by atoms with Crippen molar-refractivity contribution in [1.29, 1.82) is 0 Å². The molecular formula is C17H18N2S. The van der Waals surface area contributed by atoms with Gasteiger partial charge in [0, 0.05) is 14.1 Å². The van der Waals surface area contributed by atoms with Crippen molar-refractivity contribution in [2.24, 2.45) is 0 Å². The van der Waals surface area contributed by atoms with Crippen molar-refractivity contribution in [3.63, 3.8) is 0 Å². The largest absolute Gasteiger partial charge is 0.383 e. The molecule has 0 N–H and O–H groups in total. The van der Waals surface area contributed by atoms with Crippen LogP contribution < -0.4 is 0 Å². The van der Waals surface area contributed by atoms with Gasteiger partial charge in [0.2, 0.25) is 0 Å². The lowest BCUT2D eigenvalue weighted by atomic mass is 10.2. The first-order valence-corrected chi connectivity index (χ1v) is 7.31. The van der Waals surface area contributed by atoms with Gasteiger partial charge in [-0.15, -0.1) is 11.3 Å². The average Bonchev–Trinajstić information content (AvgIpc) is 2.95. The summed E-state index contributed by atoms with van der Waals surface area (Å²) in [5.74, 6) is 0. The minimum absolute atomic E-state index is 1.10. The molecule has 3 heteroatoms. The number of hydrogen-bond donors (Lipinski definition) is 0. The molecule has 3 aromatic rings. The van der Waals surface area contributed by atoms with E-state index < -0.39 is 0 Å². The van der Waals surface area contributed by atoms with E-state index in [2.05, 4.69) is 29.3 Å². The third kappa shape index (κ3) is 4.52. The van der Waals surface area contributed by atoms with E-state index in [0.717, 1.165) is 5.52 Å². The number of rotatable bonds is 2. The van der Waals surface area contributed by atoms with Crippen LogP contribution in [0.4, 0.5) is 0 Å². The summed E-state index contributed by atoms with van der Waals surface area (Å²) >= 11 is 1.68. The van der Waals surface area contributed by atoms with Crippen LogP contribution in [0.5, 0.6) is 0 Å². The van der Waals surface area contributed by atoms with E-state index in [0.29, 0.717) is 0 Å². The Labute approximate surface area is 124 Å². The van der Waals surface area contributed by atoms with Gasteiger partial charge < -0.3 is 4.90 Å². The molecule has 0 radical (unpaired) electrons. The molecule has 3 rings (SSSR count). The highest BCUT2D eigenvalue weighted by atomic mass is 32.1.